The molecule has 0 aromatic rings. The SMILES string of the molecule is COP(O)OCC1CCC(N[C@H]2CC=CC=C2C(=O)O)O1. The molecule has 1 aliphatic heterocycles. The second-order valence-electron chi connectivity index (χ2n) is 4.85. The Bertz CT molecular complexity index is 427. The van der Waals surface area contributed by atoms with Crippen LogP contribution in [0, 0.1) is 0 Å². The zero-order valence-corrected chi connectivity index (χ0v) is 12.7. The highest BCUT2D eigenvalue weighted by Gasteiger charge is 2.30. The number of nitrogens with one attached hydrogen (secondary N) is 1. The number of aliphatic carboxylic acids is 1. The third-order valence-electron chi connectivity index (χ3n) is 3.43. The normalized spacial score (nSPS) is 30.2. The third-order valence-corrected chi connectivity index (χ3v) is 4.11. The van der Waals surface area contributed by atoms with E-state index in [0.717, 1.165) is 12.8 Å². The van der Waals surface area contributed by atoms with Crippen molar-refractivity contribution in [2.45, 2.75) is 37.6 Å². The van der Waals surface area contributed by atoms with Crippen LogP contribution in [0.2, 0.25) is 0 Å². The Morgan fingerprint density at radius 3 is 3.10 bits per heavy atom. The molecule has 0 saturated carbocycles. The largest absolute Gasteiger partial charge is 0.478 e. The lowest BCUT2D eigenvalue weighted by Crippen LogP contribution is -2.41. The molecule has 3 N–H and O–H groups in total. The lowest BCUT2D eigenvalue weighted by Gasteiger charge is -2.24. The van der Waals surface area contributed by atoms with Crippen LogP contribution in [0.1, 0.15) is 19.3 Å². The van der Waals surface area contributed by atoms with Gasteiger partial charge in [0.2, 0.25) is 0 Å². The predicted octanol–water partition coefficient (Wildman–Crippen LogP) is 1.30. The zero-order valence-electron chi connectivity index (χ0n) is 11.8. The molecule has 8 heteroatoms. The summed E-state index contributed by atoms with van der Waals surface area (Å²) in [5.41, 5.74) is 0.346. The molecule has 0 aromatic carbocycles. The minimum atomic E-state index is -1.84. The van der Waals surface area contributed by atoms with Crippen LogP contribution in [0.3, 0.4) is 0 Å². The van der Waals surface area contributed by atoms with E-state index < -0.39 is 14.6 Å². The van der Waals surface area contributed by atoms with Crippen molar-refractivity contribution in [2.24, 2.45) is 0 Å². The predicted molar refractivity (Wildman–Crippen MR) is 76.4 cm³/mol. The number of hydrogen-bond donors (Lipinski definition) is 3. The maximum atomic E-state index is 11.2. The van der Waals surface area contributed by atoms with Gasteiger partial charge in [0, 0.05) is 13.2 Å². The lowest BCUT2D eigenvalue weighted by atomic mass is 9.99. The van der Waals surface area contributed by atoms with Gasteiger partial charge in [0.05, 0.1) is 18.3 Å². The molecule has 7 nitrogen and oxygen atoms in total. The van der Waals surface area contributed by atoms with Crippen LogP contribution in [-0.2, 0) is 18.6 Å². The number of carbonyl (C=O) groups is 1. The van der Waals surface area contributed by atoms with E-state index in [1.54, 1.807) is 12.2 Å². The van der Waals surface area contributed by atoms with Crippen molar-refractivity contribution in [3.63, 3.8) is 0 Å². The molecule has 2 rings (SSSR count). The Labute approximate surface area is 124 Å². The summed E-state index contributed by atoms with van der Waals surface area (Å²) in [7, 11) is -0.460. The average Bonchev–Trinajstić information content (AvgIpc) is 2.92. The average molecular weight is 317 g/mol. The van der Waals surface area contributed by atoms with E-state index in [0.29, 0.717) is 12.0 Å². The minimum Gasteiger partial charge on any atom is -0.478 e. The first-order valence-corrected chi connectivity index (χ1v) is 7.90. The van der Waals surface area contributed by atoms with E-state index in [4.69, 9.17) is 14.4 Å². The van der Waals surface area contributed by atoms with Gasteiger partial charge in [-0.05, 0) is 19.3 Å². The van der Waals surface area contributed by atoms with Crippen molar-refractivity contribution in [1.82, 2.24) is 5.32 Å². The third kappa shape index (κ3) is 4.85. The van der Waals surface area contributed by atoms with E-state index in [1.807, 2.05) is 6.08 Å². The van der Waals surface area contributed by atoms with Crippen LogP contribution in [-0.4, -0.2) is 48.1 Å². The summed E-state index contributed by atoms with van der Waals surface area (Å²) < 4.78 is 15.5. The van der Waals surface area contributed by atoms with Gasteiger partial charge >= 0.3 is 14.6 Å². The second-order valence-corrected chi connectivity index (χ2v) is 5.95. The summed E-state index contributed by atoms with van der Waals surface area (Å²) in [6.07, 6.45) is 7.16. The van der Waals surface area contributed by atoms with Crippen molar-refractivity contribution >= 4 is 14.6 Å². The van der Waals surface area contributed by atoms with E-state index >= 15 is 0 Å². The molecule has 2 aliphatic rings. The van der Waals surface area contributed by atoms with Gasteiger partial charge in [-0.1, -0.05) is 18.2 Å². The highest BCUT2D eigenvalue weighted by Crippen LogP contribution is 2.33. The highest BCUT2D eigenvalue weighted by molar-refractivity contribution is 7.40. The van der Waals surface area contributed by atoms with Gasteiger partial charge < -0.3 is 23.8 Å². The van der Waals surface area contributed by atoms with Crippen LogP contribution >= 0.6 is 8.60 Å². The van der Waals surface area contributed by atoms with Crippen molar-refractivity contribution in [3.8, 4) is 0 Å². The van der Waals surface area contributed by atoms with Gasteiger partial charge in [-0.2, -0.15) is 0 Å². The summed E-state index contributed by atoms with van der Waals surface area (Å²) in [4.78, 5) is 20.4. The van der Waals surface area contributed by atoms with Crippen LogP contribution in [0.4, 0.5) is 0 Å². The number of carboxylic acid groups (broad SMARTS) is 1. The van der Waals surface area contributed by atoms with Crippen molar-refractivity contribution in [2.75, 3.05) is 13.7 Å². The molecule has 4 atom stereocenters. The number of carboxylic acids is 1. The van der Waals surface area contributed by atoms with Gasteiger partial charge in [0.25, 0.3) is 0 Å². The summed E-state index contributed by atoms with van der Waals surface area (Å²) in [6.45, 7) is 0.264. The monoisotopic (exact) mass is 317 g/mol. The van der Waals surface area contributed by atoms with Crippen LogP contribution in [0.15, 0.2) is 23.8 Å². The fourth-order valence-electron chi connectivity index (χ4n) is 2.38. The van der Waals surface area contributed by atoms with Gasteiger partial charge in [0.1, 0.15) is 6.23 Å². The first-order valence-electron chi connectivity index (χ1n) is 6.77. The fraction of sp³-hybridized carbons (Fsp3) is 0.615. The topological polar surface area (TPSA) is 97.2 Å². The maximum absolute atomic E-state index is 11.2. The molecule has 3 unspecified atom stereocenters. The van der Waals surface area contributed by atoms with E-state index in [9.17, 15) is 9.69 Å². The molecule has 0 radical (unpaired) electrons. The van der Waals surface area contributed by atoms with Gasteiger partial charge in [-0.3, -0.25) is 5.32 Å². The van der Waals surface area contributed by atoms with Gasteiger partial charge in [-0.15, -0.1) is 0 Å². The van der Waals surface area contributed by atoms with Crippen molar-refractivity contribution in [1.29, 1.82) is 0 Å². The summed E-state index contributed by atoms with van der Waals surface area (Å²) in [5.74, 6) is -0.916. The summed E-state index contributed by atoms with van der Waals surface area (Å²) in [6, 6.07) is -0.244. The quantitative estimate of drug-likeness (QED) is 0.609. The molecule has 1 saturated heterocycles. The second kappa shape index (κ2) is 7.98. The van der Waals surface area contributed by atoms with E-state index in [1.165, 1.54) is 7.11 Å². The smallest absolute Gasteiger partial charge is 0.333 e. The Balaban J connectivity index is 1.78. The van der Waals surface area contributed by atoms with Crippen LogP contribution < -0.4 is 5.32 Å². The molecular weight excluding hydrogens is 297 g/mol. The Morgan fingerprint density at radius 1 is 1.57 bits per heavy atom. The molecule has 0 spiro atoms. The van der Waals surface area contributed by atoms with E-state index in [2.05, 4.69) is 9.84 Å². The van der Waals surface area contributed by atoms with Crippen molar-refractivity contribution in [3.05, 3.63) is 23.8 Å². The molecular formula is C13H20NO6P. The Morgan fingerprint density at radius 2 is 2.38 bits per heavy atom. The summed E-state index contributed by atoms with van der Waals surface area (Å²) in [5, 5.41) is 12.4. The molecule has 0 bridgehead atoms. The molecule has 118 valence electrons. The number of rotatable bonds is 7. The number of hydrogen-bond acceptors (Lipinski definition) is 6. The van der Waals surface area contributed by atoms with Gasteiger partial charge in [0.15, 0.2) is 0 Å². The van der Waals surface area contributed by atoms with Crippen molar-refractivity contribution < 1.29 is 28.6 Å². The van der Waals surface area contributed by atoms with Gasteiger partial charge in [-0.25, -0.2) is 4.79 Å². The Kier molecular flexibility index (Phi) is 6.29. The summed E-state index contributed by atoms with van der Waals surface area (Å²) >= 11 is 0. The highest BCUT2D eigenvalue weighted by atomic mass is 31.2. The lowest BCUT2D eigenvalue weighted by molar-refractivity contribution is -0.133. The molecule has 1 fully saturated rings. The number of ether oxygens (including phenoxy) is 1. The van der Waals surface area contributed by atoms with E-state index in [-0.39, 0.29) is 25.0 Å². The fourth-order valence-corrected chi connectivity index (χ4v) is 2.78. The maximum Gasteiger partial charge on any atom is 0.333 e. The number of allylic oxidation sites excluding steroid dienone is 2. The van der Waals surface area contributed by atoms with Crippen LogP contribution in [0.5, 0.6) is 0 Å². The molecule has 0 aromatic heterocycles. The molecule has 0 amide bonds. The Hall–Kier alpha value is -0.820. The van der Waals surface area contributed by atoms with Crippen LogP contribution in [0.25, 0.3) is 0 Å². The molecule has 21 heavy (non-hydrogen) atoms. The molecule has 1 aliphatic carbocycles. The minimum absolute atomic E-state index is 0.119. The standard InChI is InChI=1S/C13H20NO6P/c1-18-21(17)19-8-9-6-7-12(20-9)14-11-5-3-2-4-10(11)13(15)16/h2-4,9,11-12,14,17H,5-8H2,1H3,(H,15,16)/t9?,11-,12?,21?/m0/s1. The molecule has 1 heterocycles. The first-order chi connectivity index (χ1) is 10.1. The zero-order chi connectivity index (χ0) is 15.2. The first kappa shape index (κ1) is 16.5.